The number of aromatic nitrogens is 4. The lowest BCUT2D eigenvalue weighted by molar-refractivity contribution is 0.666. The highest BCUT2D eigenvalue weighted by atomic mass is 32.1. The van der Waals surface area contributed by atoms with Crippen molar-refractivity contribution in [1.29, 1.82) is 0 Å². The molecule has 0 aliphatic heterocycles. The van der Waals surface area contributed by atoms with Crippen molar-refractivity contribution in [2.45, 2.75) is 19.3 Å². The molecule has 0 fully saturated rings. The normalized spacial score (nSPS) is 14.6. The molecule has 11 rings (SSSR count). The summed E-state index contributed by atoms with van der Waals surface area (Å²) in [6, 6.07) is 42.2. The van der Waals surface area contributed by atoms with Crippen molar-refractivity contribution < 1.29 is 6.85 Å². The van der Waals surface area contributed by atoms with Gasteiger partial charge in [0.1, 0.15) is 0 Å². The Kier molecular flexibility index (Phi) is 5.43. The molecular weight excluding hydrogens is 665 g/mol. The van der Waals surface area contributed by atoms with Crippen LogP contribution in [0.25, 0.3) is 93.0 Å². The largest absolute Gasteiger partial charge is 0.309 e. The molecule has 0 unspecified atom stereocenters. The van der Waals surface area contributed by atoms with E-state index in [1.807, 2.05) is 36.4 Å². The maximum Gasteiger partial charge on any atom is 0.164 e. The van der Waals surface area contributed by atoms with Crippen LogP contribution in [-0.4, -0.2) is 19.5 Å². The van der Waals surface area contributed by atoms with E-state index in [4.69, 9.17) is 16.8 Å². The molecule has 0 saturated heterocycles. The van der Waals surface area contributed by atoms with Crippen molar-refractivity contribution in [3.8, 4) is 51.0 Å². The van der Waals surface area contributed by atoms with E-state index in [1.165, 1.54) is 38.5 Å². The minimum atomic E-state index is -0.467. The van der Waals surface area contributed by atoms with Gasteiger partial charge >= 0.3 is 0 Å². The van der Waals surface area contributed by atoms with E-state index in [-0.39, 0.29) is 28.9 Å². The summed E-state index contributed by atoms with van der Waals surface area (Å²) >= 11 is 1.70. The molecule has 5 heteroatoms. The first kappa shape index (κ1) is 25.5. The summed E-state index contributed by atoms with van der Waals surface area (Å²) in [5.41, 5.74) is 9.95. The number of fused-ring (bicyclic) bond motifs is 10. The highest BCUT2D eigenvalue weighted by Gasteiger charge is 2.38. The van der Waals surface area contributed by atoms with Gasteiger partial charge in [-0.1, -0.05) is 141 Å². The third-order valence-corrected chi connectivity index (χ3v) is 11.8. The Bertz CT molecular complexity index is 3360. The summed E-state index contributed by atoms with van der Waals surface area (Å²) in [5, 5.41) is 4.77. The third kappa shape index (κ3) is 4.44. The zero-order valence-electron chi connectivity index (χ0n) is 33.8. The molecule has 53 heavy (non-hydrogen) atoms. The Balaban J connectivity index is 1.12. The lowest BCUT2D eigenvalue weighted by Crippen LogP contribution is -2.15. The summed E-state index contributed by atoms with van der Waals surface area (Å²) in [5.74, 6) is 0.703. The minimum absolute atomic E-state index is 0.0173. The Morgan fingerprint density at radius 2 is 1.28 bits per heavy atom. The number of para-hydroxylation sites is 1. The molecule has 1 aliphatic carbocycles. The van der Waals surface area contributed by atoms with Gasteiger partial charge < -0.3 is 4.57 Å². The van der Waals surface area contributed by atoms with Crippen LogP contribution in [0.1, 0.15) is 31.8 Å². The van der Waals surface area contributed by atoms with Gasteiger partial charge in [-0.05, 0) is 52.6 Å². The lowest BCUT2D eigenvalue weighted by atomic mass is 9.80. The van der Waals surface area contributed by atoms with Crippen molar-refractivity contribution in [2.24, 2.45) is 0 Å². The first-order chi connectivity index (χ1) is 28.1. The second kappa shape index (κ2) is 11.3. The van der Waals surface area contributed by atoms with Crippen LogP contribution in [0.4, 0.5) is 0 Å². The monoisotopic (exact) mass is 701 g/mol. The second-order valence-electron chi connectivity index (χ2n) is 14.0. The van der Waals surface area contributed by atoms with Crippen LogP contribution < -0.4 is 0 Å². The van der Waals surface area contributed by atoms with Crippen LogP contribution >= 0.6 is 11.3 Å². The standard InChI is InChI=1S/C48H32N4S/c1-48(2)36-20-11-9-18-32(36)33-26-27-39-43(44(33)48)34-19-10-12-21-37(34)52(39)38-22-13-23-40-42(38)35-25-24-31(28-41(35)53-40)47-50-45(29-14-5-3-6-15-29)49-46(51-47)30-16-7-4-8-17-30/h3-28H,1-2H3/i3D,5D,6D,14D,15D. The number of thiophene rings is 1. The van der Waals surface area contributed by atoms with Gasteiger partial charge in [-0.3, -0.25) is 0 Å². The van der Waals surface area contributed by atoms with E-state index in [2.05, 4.69) is 114 Å². The van der Waals surface area contributed by atoms with Crippen molar-refractivity contribution in [3.63, 3.8) is 0 Å². The molecule has 10 aromatic rings. The van der Waals surface area contributed by atoms with Gasteiger partial charge in [-0.25, -0.2) is 15.0 Å². The average Bonchev–Trinajstić information content (AvgIpc) is 3.87. The lowest BCUT2D eigenvalue weighted by Gasteiger charge is -2.22. The fourth-order valence-electron chi connectivity index (χ4n) is 8.42. The molecular formula is C48H32N4S. The Labute approximate surface area is 317 Å². The summed E-state index contributed by atoms with van der Waals surface area (Å²) in [7, 11) is 0. The fraction of sp³-hybridized carbons (Fsp3) is 0.0625. The van der Waals surface area contributed by atoms with Crippen molar-refractivity contribution in [1.82, 2.24) is 19.5 Å². The highest BCUT2D eigenvalue weighted by molar-refractivity contribution is 7.26. The number of benzene rings is 7. The van der Waals surface area contributed by atoms with Gasteiger partial charge in [-0.15, -0.1) is 11.3 Å². The quantitative estimate of drug-likeness (QED) is 0.183. The maximum absolute atomic E-state index is 8.69. The van der Waals surface area contributed by atoms with Crippen LogP contribution in [0.5, 0.6) is 0 Å². The maximum atomic E-state index is 8.69. The summed E-state index contributed by atoms with van der Waals surface area (Å²) in [6.07, 6.45) is 0. The van der Waals surface area contributed by atoms with E-state index in [0.29, 0.717) is 11.6 Å². The van der Waals surface area contributed by atoms with Crippen molar-refractivity contribution >= 4 is 53.3 Å². The molecule has 0 saturated carbocycles. The molecule has 0 amide bonds. The number of rotatable bonds is 4. The van der Waals surface area contributed by atoms with E-state index < -0.39 is 18.1 Å². The molecule has 250 valence electrons. The Hall–Kier alpha value is -6.43. The molecule has 0 radical (unpaired) electrons. The van der Waals surface area contributed by atoms with E-state index >= 15 is 0 Å². The first-order valence-electron chi connectivity index (χ1n) is 20.1. The number of nitrogens with zero attached hydrogens (tertiary/aromatic N) is 4. The summed E-state index contributed by atoms with van der Waals surface area (Å²) in [6.45, 7) is 4.69. The zero-order chi connectivity index (χ0) is 39.6. The van der Waals surface area contributed by atoms with Gasteiger partial charge in [-0.2, -0.15) is 0 Å². The summed E-state index contributed by atoms with van der Waals surface area (Å²) in [4.78, 5) is 14.3. The molecule has 0 bridgehead atoms. The van der Waals surface area contributed by atoms with Crippen LogP contribution in [-0.2, 0) is 5.41 Å². The molecule has 0 N–H and O–H groups in total. The van der Waals surface area contributed by atoms with Crippen LogP contribution in [0.15, 0.2) is 158 Å². The molecule has 3 aromatic heterocycles. The molecule has 4 nitrogen and oxygen atoms in total. The summed E-state index contributed by atoms with van der Waals surface area (Å²) < 4.78 is 46.8. The second-order valence-corrected chi connectivity index (χ2v) is 15.1. The average molecular weight is 702 g/mol. The molecule has 1 aliphatic rings. The van der Waals surface area contributed by atoms with E-state index in [1.54, 1.807) is 11.3 Å². The zero-order valence-corrected chi connectivity index (χ0v) is 29.6. The topological polar surface area (TPSA) is 43.6 Å². The smallest absolute Gasteiger partial charge is 0.164 e. The molecule has 7 aromatic carbocycles. The predicted molar refractivity (Wildman–Crippen MR) is 221 cm³/mol. The van der Waals surface area contributed by atoms with E-state index in [9.17, 15) is 0 Å². The van der Waals surface area contributed by atoms with Gasteiger partial charge in [0.2, 0.25) is 0 Å². The molecule has 0 atom stereocenters. The molecule has 0 spiro atoms. The van der Waals surface area contributed by atoms with Crippen molar-refractivity contribution in [2.75, 3.05) is 0 Å². The highest BCUT2D eigenvalue weighted by Crippen LogP contribution is 2.53. The fourth-order valence-corrected chi connectivity index (χ4v) is 9.58. The van der Waals surface area contributed by atoms with Gasteiger partial charge in [0.15, 0.2) is 17.5 Å². The van der Waals surface area contributed by atoms with Crippen LogP contribution in [0.2, 0.25) is 0 Å². The van der Waals surface area contributed by atoms with Gasteiger partial charge in [0, 0.05) is 53.1 Å². The van der Waals surface area contributed by atoms with Gasteiger partial charge in [0.25, 0.3) is 0 Å². The van der Waals surface area contributed by atoms with Crippen LogP contribution in [0.3, 0.4) is 0 Å². The third-order valence-electron chi connectivity index (χ3n) is 10.7. The Morgan fingerprint density at radius 1 is 0.547 bits per heavy atom. The SMILES string of the molecule is [2H]c1c([2H])c([2H])c(-c2nc(-c3ccccc3)nc(-c3ccc4c(c3)sc3cccc(-n5c6ccccc6c6c7c(ccc65)-c5ccccc5C7(C)C)c34)n2)c([2H])c1[2H]. The number of hydrogen-bond donors (Lipinski definition) is 0. The van der Waals surface area contributed by atoms with Crippen LogP contribution in [0, 0.1) is 0 Å². The predicted octanol–water partition coefficient (Wildman–Crippen LogP) is 12.6. The van der Waals surface area contributed by atoms with E-state index in [0.717, 1.165) is 42.5 Å². The minimum Gasteiger partial charge on any atom is -0.309 e. The van der Waals surface area contributed by atoms with Crippen molar-refractivity contribution in [3.05, 3.63) is 169 Å². The number of hydrogen-bond acceptors (Lipinski definition) is 4. The van der Waals surface area contributed by atoms with Gasteiger partial charge in [0.05, 0.1) is 23.6 Å². The molecule has 3 heterocycles. The Morgan fingerprint density at radius 3 is 2.13 bits per heavy atom. The first-order valence-corrected chi connectivity index (χ1v) is 18.4.